The molecule has 112 valence electrons. The Hall–Kier alpha value is -1.38. The summed E-state index contributed by atoms with van der Waals surface area (Å²) in [5, 5.41) is 10.6. The topological polar surface area (TPSA) is 20.2 Å². The van der Waals surface area contributed by atoms with E-state index in [9.17, 15) is 0 Å². The summed E-state index contributed by atoms with van der Waals surface area (Å²) in [6.45, 7) is 7.15. The zero-order valence-electron chi connectivity index (χ0n) is 13.4. The highest BCUT2D eigenvalue weighted by molar-refractivity contribution is 6.89. The highest BCUT2D eigenvalue weighted by Crippen LogP contribution is 2.16. The largest absolute Gasteiger partial charge is 0.392 e. The fraction of sp³-hybridized carbons (Fsp3) is 0.368. The monoisotopic (exact) mass is 298 g/mol. The summed E-state index contributed by atoms with van der Waals surface area (Å²) >= 11 is 0. The minimum absolute atomic E-state index is 0.135. The van der Waals surface area contributed by atoms with Gasteiger partial charge in [0.05, 0.1) is 14.7 Å². The van der Waals surface area contributed by atoms with Gasteiger partial charge in [-0.15, -0.1) is 0 Å². The summed E-state index contributed by atoms with van der Waals surface area (Å²) in [4.78, 5) is 0. The first-order valence-corrected chi connectivity index (χ1v) is 11.0. The molecule has 0 spiro atoms. The summed E-state index contributed by atoms with van der Waals surface area (Å²) in [5.41, 5.74) is 3.78. The predicted octanol–water partition coefficient (Wildman–Crippen LogP) is 4.04. The van der Waals surface area contributed by atoms with Crippen molar-refractivity contribution in [1.82, 2.24) is 0 Å². The fourth-order valence-electron chi connectivity index (χ4n) is 2.69. The standard InChI is InChI=1S/C19H26OSi/c1-16-6-8-17(9-7-16)5-4-14-21(2,3)19-12-10-18(15-20)11-13-19/h6-13,20H,4-5,14-15H2,1-3H3. The molecule has 0 heterocycles. The van der Waals surface area contributed by atoms with Gasteiger partial charge < -0.3 is 5.11 Å². The Labute approximate surface area is 129 Å². The van der Waals surface area contributed by atoms with Gasteiger partial charge in [-0.2, -0.15) is 0 Å². The van der Waals surface area contributed by atoms with Gasteiger partial charge in [-0.1, -0.05) is 84.8 Å². The molecule has 2 aromatic carbocycles. The van der Waals surface area contributed by atoms with Crippen LogP contribution >= 0.6 is 0 Å². The summed E-state index contributed by atoms with van der Waals surface area (Å²) in [5.74, 6) is 0. The lowest BCUT2D eigenvalue weighted by Gasteiger charge is -2.23. The molecule has 0 saturated heterocycles. The number of hydrogen-bond acceptors (Lipinski definition) is 1. The van der Waals surface area contributed by atoms with Crippen LogP contribution in [0.1, 0.15) is 23.1 Å². The molecule has 21 heavy (non-hydrogen) atoms. The fourth-order valence-corrected chi connectivity index (χ4v) is 5.11. The third-order valence-corrected chi connectivity index (χ3v) is 7.81. The Bertz CT molecular complexity index is 555. The molecule has 0 radical (unpaired) electrons. The van der Waals surface area contributed by atoms with Crippen molar-refractivity contribution in [2.24, 2.45) is 0 Å². The second-order valence-corrected chi connectivity index (χ2v) is 11.4. The first-order chi connectivity index (χ1) is 10.0. The zero-order chi connectivity index (χ0) is 15.3. The van der Waals surface area contributed by atoms with Crippen molar-refractivity contribution in [2.45, 2.75) is 45.5 Å². The van der Waals surface area contributed by atoms with E-state index >= 15 is 0 Å². The van der Waals surface area contributed by atoms with Gasteiger partial charge in [0.15, 0.2) is 0 Å². The van der Waals surface area contributed by atoms with Gasteiger partial charge in [-0.05, 0) is 24.5 Å². The molecule has 0 aromatic heterocycles. The van der Waals surface area contributed by atoms with Crippen LogP contribution in [0.25, 0.3) is 0 Å². The van der Waals surface area contributed by atoms with E-state index < -0.39 is 8.07 Å². The molecule has 0 aliphatic carbocycles. The molecule has 2 aromatic rings. The van der Waals surface area contributed by atoms with E-state index in [1.54, 1.807) is 0 Å². The SMILES string of the molecule is Cc1ccc(CCC[Si](C)(C)c2ccc(CO)cc2)cc1. The van der Waals surface area contributed by atoms with Crippen molar-refractivity contribution in [1.29, 1.82) is 0 Å². The smallest absolute Gasteiger partial charge is 0.0806 e. The van der Waals surface area contributed by atoms with Crippen molar-refractivity contribution in [3.63, 3.8) is 0 Å². The molecular formula is C19H26OSi. The van der Waals surface area contributed by atoms with Crippen molar-refractivity contribution >= 4 is 13.3 Å². The first-order valence-electron chi connectivity index (χ1n) is 7.77. The van der Waals surface area contributed by atoms with Crippen LogP contribution in [-0.2, 0) is 13.0 Å². The summed E-state index contributed by atoms with van der Waals surface area (Å²) in [6.07, 6.45) is 2.43. The van der Waals surface area contributed by atoms with E-state index in [0.717, 1.165) is 5.56 Å². The Morgan fingerprint density at radius 3 is 2.00 bits per heavy atom. The van der Waals surface area contributed by atoms with Gasteiger partial charge in [0, 0.05) is 0 Å². The summed E-state index contributed by atoms with van der Waals surface area (Å²) in [7, 11) is -1.36. The number of aliphatic hydroxyl groups is 1. The summed E-state index contributed by atoms with van der Waals surface area (Å²) in [6, 6.07) is 18.7. The molecule has 0 aliphatic rings. The number of benzene rings is 2. The van der Waals surface area contributed by atoms with Crippen molar-refractivity contribution in [3.8, 4) is 0 Å². The van der Waals surface area contributed by atoms with Crippen LogP contribution < -0.4 is 5.19 Å². The van der Waals surface area contributed by atoms with Gasteiger partial charge in [-0.25, -0.2) is 0 Å². The summed E-state index contributed by atoms with van der Waals surface area (Å²) < 4.78 is 0. The van der Waals surface area contributed by atoms with E-state index in [1.807, 2.05) is 0 Å². The van der Waals surface area contributed by atoms with Gasteiger partial charge in [0.2, 0.25) is 0 Å². The highest BCUT2D eigenvalue weighted by Gasteiger charge is 2.22. The number of aliphatic hydroxyl groups excluding tert-OH is 1. The number of rotatable bonds is 6. The second kappa shape index (κ2) is 7.06. The average Bonchev–Trinajstić information content (AvgIpc) is 2.49. The predicted molar refractivity (Wildman–Crippen MR) is 93.8 cm³/mol. The molecule has 0 aliphatic heterocycles. The van der Waals surface area contributed by atoms with E-state index in [0.29, 0.717) is 0 Å². The Balaban J connectivity index is 1.92. The molecule has 1 nitrogen and oxygen atoms in total. The lowest BCUT2D eigenvalue weighted by Crippen LogP contribution is -2.41. The maximum atomic E-state index is 9.13. The quantitative estimate of drug-likeness (QED) is 0.798. The van der Waals surface area contributed by atoms with Crippen LogP contribution in [0, 0.1) is 6.92 Å². The normalized spacial score (nSPS) is 11.6. The minimum atomic E-state index is -1.36. The highest BCUT2D eigenvalue weighted by atomic mass is 28.3. The van der Waals surface area contributed by atoms with Gasteiger partial charge in [0.25, 0.3) is 0 Å². The maximum Gasteiger partial charge on any atom is 0.0806 e. The second-order valence-electron chi connectivity index (χ2n) is 6.58. The van der Waals surface area contributed by atoms with Crippen molar-refractivity contribution in [2.75, 3.05) is 0 Å². The van der Waals surface area contributed by atoms with Gasteiger partial charge in [0.1, 0.15) is 0 Å². The Morgan fingerprint density at radius 2 is 1.43 bits per heavy atom. The molecule has 0 saturated carbocycles. The third-order valence-electron chi connectivity index (χ3n) is 4.31. The molecule has 2 heteroatoms. The van der Waals surface area contributed by atoms with Crippen LogP contribution in [0.15, 0.2) is 48.5 Å². The molecular weight excluding hydrogens is 272 g/mol. The molecule has 0 fully saturated rings. The molecule has 0 atom stereocenters. The van der Waals surface area contributed by atoms with E-state index in [-0.39, 0.29) is 6.61 Å². The lowest BCUT2D eigenvalue weighted by atomic mass is 10.1. The zero-order valence-corrected chi connectivity index (χ0v) is 14.4. The van der Waals surface area contributed by atoms with Crippen molar-refractivity contribution < 1.29 is 5.11 Å². The molecule has 0 unspecified atom stereocenters. The van der Waals surface area contributed by atoms with Gasteiger partial charge >= 0.3 is 0 Å². The van der Waals surface area contributed by atoms with Crippen LogP contribution in [0.3, 0.4) is 0 Å². The molecule has 0 bridgehead atoms. The first kappa shape index (κ1) is 16.0. The Morgan fingerprint density at radius 1 is 0.857 bits per heavy atom. The van der Waals surface area contributed by atoms with Crippen LogP contribution in [0.4, 0.5) is 0 Å². The van der Waals surface area contributed by atoms with Crippen LogP contribution in [0.5, 0.6) is 0 Å². The van der Waals surface area contributed by atoms with Crippen LogP contribution in [0.2, 0.25) is 19.1 Å². The van der Waals surface area contributed by atoms with Crippen LogP contribution in [-0.4, -0.2) is 13.2 Å². The maximum absolute atomic E-state index is 9.13. The molecule has 2 rings (SSSR count). The van der Waals surface area contributed by atoms with E-state index in [1.165, 1.54) is 35.2 Å². The lowest BCUT2D eigenvalue weighted by molar-refractivity contribution is 0.282. The minimum Gasteiger partial charge on any atom is -0.392 e. The van der Waals surface area contributed by atoms with E-state index in [2.05, 4.69) is 68.5 Å². The number of aryl methyl sites for hydroxylation is 2. The number of hydrogen-bond donors (Lipinski definition) is 1. The van der Waals surface area contributed by atoms with Gasteiger partial charge in [-0.3, -0.25) is 0 Å². The van der Waals surface area contributed by atoms with Crippen molar-refractivity contribution in [3.05, 3.63) is 65.2 Å². The van der Waals surface area contributed by atoms with E-state index in [4.69, 9.17) is 5.11 Å². The molecule has 0 amide bonds. The third kappa shape index (κ3) is 4.55. The Kier molecular flexibility index (Phi) is 5.37. The average molecular weight is 299 g/mol. The molecule has 1 N–H and O–H groups in total.